The largest absolute Gasteiger partial charge is 0.490 e. The predicted octanol–water partition coefficient (Wildman–Crippen LogP) is 0.0731. The van der Waals surface area contributed by atoms with Crippen LogP contribution in [0, 0.1) is 0 Å². The summed E-state index contributed by atoms with van der Waals surface area (Å²) in [4.78, 5) is 23.1. The molecule has 0 aromatic rings. The lowest BCUT2D eigenvalue weighted by molar-refractivity contribution is -0.192. The first-order valence-electron chi connectivity index (χ1n) is 3.53. The Morgan fingerprint density at radius 2 is 1.80 bits per heavy atom. The van der Waals surface area contributed by atoms with Crippen molar-refractivity contribution in [3.05, 3.63) is 0 Å². The summed E-state index contributed by atoms with van der Waals surface area (Å²) in [6, 6.07) is 0. The molecule has 90 valence electrons. The van der Waals surface area contributed by atoms with Gasteiger partial charge in [-0.2, -0.15) is 13.2 Å². The van der Waals surface area contributed by atoms with Crippen molar-refractivity contribution in [1.29, 1.82) is 0 Å². The molecule has 0 spiro atoms. The van der Waals surface area contributed by atoms with E-state index in [1.54, 1.807) is 6.92 Å². The van der Waals surface area contributed by atoms with Crippen LogP contribution in [0.15, 0.2) is 0 Å². The van der Waals surface area contributed by atoms with Crippen LogP contribution in [-0.4, -0.2) is 36.4 Å². The Morgan fingerprint density at radius 1 is 1.40 bits per heavy atom. The van der Waals surface area contributed by atoms with Gasteiger partial charge in [-0.3, -0.25) is 4.84 Å². The fourth-order valence-electron chi connectivity index (χ4n) is 0.271. The topological polar surface area (TPSA) is 98.9 Å². The zero-order valence-corrected chi connectivity index (χ0v) is 7.71. The fraction of sp³-hybridized carbons (Fsp3) is 0.667. The Hall–Kier alpha value is -1.35. The third-order valence-electron chi connectivity index (χ3n) is 0.749. The van der Waals surface area contributed by atoms with Crippen LogP contribution >= 0.6 is 0 Å². The molecule has 0 saturated heterocycles. The molecule has 0 unspecified atom stereocenters. The standard InChI is InChI=1S/C4H9NO3.C2HF3O2/c1-2-7-4(6)3-8-5;3-2(4,5)1(6)7/h2-3,5H2,1H3;(H,6,7). The molecule has 0 fully saturated rings. The predicted molar refractivity (Wildman–Crippen MR) is 40.5 cm³/mol. The summed E-state index contributed by atoms with van der Waals surface area (Å²) in [6.45, 7) is 1.91. The number of aliphatic carboxylic acids is 1. The van der Waals surface area contributed by atoms with Crippen LogP contribution in [0.4, 0.5) is 13.2 Å². The Balaban J connectivity index is 0. The Bertz CT molecular complexity index is 197. The van der Waals surface area contributed by atoms with Crippen LogP contribution in [0.5, 0.6) is 0 Å². The average Bonchev–Trinajstić information content (AvgIpc) is 2.04. The highest BCUT2D eigenvalue weighted by atomic mass is 19.4. The van der Waals surface area contributed by atoms with Crippen LogP contribution < -0.4 is 5.90 Å². The molecule has 0 atom stereocenters. The number of nitrogens with two attached hydrogens (primary N) is 1. The van der Waals surface area contributed by atoms with Gasteiger partial charge in [0.05, 0.1) is 6.61 Å². The third-order valence-corrected chi connectivity index (χ3v) is 0.749. The first-order valence-corrected chi connectivity index (χ1v) is 3.53. The average molecular weight is 233 g/mol. The van der Waals surface area contributed by atoms with Gasteiger partial charge in [0.15, 0.2) is 6.61 Å². The van der Waals surface area contributed by atoms with Gasteiger partial charge in [-0.25, -0.2) is 15.5 Å². The molecule has 0 bridgehead atoms. The number of carbonyl (C=O) groups is 2. The van der Waals surface area contributed by atoms with Gasteiger partial charge in [-0.1, -0.05) is 0 Å². The maximum Gasteiger partial charge on any atom is 0.490 e. The first-order chi connectivity index (χ1) is 6.75. The minimum atomic E-state index is -5.08. The quantitative estimate of drug-likeness (QED) is 0.528. The number of halogens is 3. The summed E-state index contributed by atoms with van der Waals surface area (Å²) < 4.78 is 36.2. The SMILES string of the molecule is CCOC(=O)CON.O=C(O)C(F)(F)F. The maximum atomic E-state index is 10.6. The van der Waals surface area contributed by atoms with Crippen molar-refractivity contribution in [1.82, 2.24) is 0 Å². The number of carboxylic acid groups (broad SMARTS) is 1. The Labute approximate surface area is 82.7 Å². The summed E-state index contributed by atoms with van der Waals surface area (Å²) in [7, 11) is 0. The van der Waals surface area contributed by atoms with E-state index >= 15 is 0 Å². The molecule has 0 heterocycles. The summed E-state index contributed by atoms with van der Waals surface area (Å²) >= 11 is 0. The van der Waals surface area contributed by atoms with Crippen LogP contribution in [0.1, 0.15) is 6.92 Å². The number of carbonyl (C=O) groups excluding carboxylic acids is 1. The number of hydrogen-bond donors (Lipinski definition) is 2. The molecule has 0 aromatic heterocycles. The number of alkyl halides is 3. The van der Waals surface area contributed by atoms with Gasteiger partial charge in [0.2, 0.25) is 0 Å². The number of hydrogen-bond acceptors (Lipinski definition) is 5. The van der Waals surface area contributed by atoms with Gasteiger partial charge < -0.3 is 9.84 Å². The van der Waals surface area contributed by atoms with Crippen LogP contribution in [0.25, 0.3) is 0 Å². The molecular formula is C6H10F3NO5. The van der Waals surface area contributed by atoms with Crippen molar-refractivity contribution in [3.8, 4) is 0 Å². The van der Waals surface area contributed by atoms with Crippen molar-refractivity contribution in [2.45, 2.75) is 13.1 Å². The van der Waals surface area contributed by atoms with Gasteiger partial charge >= 0.3 is 18.1 Å². The minimum absolute atomic E-state index is 0.173. The smallest absolute Gasteiger partial charge is 0.475 e. The molecule has 0 aromatic carbocycles. The lowest BCUT2D eigenvalue weighted by Crippen LogP contribution is -2.21. The lowest BCUT2D eigenvalue weighted by atomic mass is 10.7. The molecule has 15 heavy (non-hydrogen) atoms. The molecule has 0 amide bonds. The second kappa shape index (κ2) is 8.00. The highest BCUT2D eigenvalue weighted by molar-refractivity contribution is 5.73. The van der Waals surface area contributed by atoms with Crippen LogP contribution in [0.3, 0.4) is 0 Å². The van der Waals surface area contributed by atoms with E-state index in [-0.39, 0.29) is 6.61 Å². The van der Waals surface area contributed by atoms with E-state index in [1.165, 1.54) is 0 Å². The number of esters is 1. The highest BCUT2D eigenvalue weighted by Gasteiger charge is 2.38. The first kappa shape index (κ1) is 16.1. The van der Waals surface area contributed by atoms with E-state index < -0.39 is 18.1 Å². The molecule has 0 saturated carbocycles. The third kappa shape index (κ3) is 12.6. The fourth-order valence-corrected chi connectivity index (χ4v) is 0.271. The summed E-state index contributed by atoms with van der Waals surface area (Å²) in [5, 5.41) is 7.12. The summed E-state index contributed by atoms with van der Waals surface area (Å²) in [5.74, 6) is 1.37. The maximum absolute atomic E-state index is 10.6. The molecule has 6 nitrogen and oxygen atoms in total. The molecule has 0 aliphatic heterocycles. The minimum Gasteiger partial charge on any atom is -0.475 e. The van der Waals surface area contributed by atoms with Crippen molar-refractivity contribution >= 4 is 11.9 Å². The molecule has 0 radical (unpaired) electrons. The molecule has 0 rings (SSSR count). The van der Waals surface area contributed by atoms with Gasteiger partial charge in [-0.15, -0.1) is 0 Å². The van der Waals surface area contributed by atoms with Crippen molar-refractivity contribution in [2.24, 2.45) is 5.90 Å². The zero-order chi connectivity index (χ0) is 12.5. The highest BCUT2D eigenvalue weighted by Crippen LogP contribution is 2.13. The van der Waals surface area contributed by atoms with E-state index in [9.17, 15) is 18.0 Å². The van der Waals surface area contributed by atoms with E-state index in [2.05, 4.69) is 15.5 Å². The molecule has 0 aliphatic carbocycles. The number of ether oxygens (including phenoxy) is 1. The zero-order valence-electron chi connectivity index (χ0n) is 7.71. The molecule has 9 heteroatoms. The second-order valence-corrected chi connectivity index (χ2v) is 1.92. The van der Waals surface area contributed by atoms with E-state index in [0.717, 1.165) is 0 Å². The molecular weight excluding hydrogens is 223 g/mol. The molecule has 3 N–H and O–H groups in total. The van der Waals surface area contributed by atoms with Crippen molar-refractivity contribution in [2.75, 3.05) is 13.2 Å². The normalized spacial score (nSPS) is 9.93. The Kier molecular flexibility index (Phi) is 8.58. The number of carboxylic acids is 1. The van der Waals surface area contributed by atoms with E-state index in [0.29, 0.717) is 6.61 Å². The molecule has 0 aliphatic rings. The second-order valence-electron chi connectivity index (χ2n) is 1.92. The van der Waals surface area contributed by atoms with Crippen LogP contribution in [0.2, 0.25) is 0 Å². The lowest BCUT2D eigenvalue weighted by Gasteiger charge is -1.96. The van der Waals surface area contributed by atoms with Crippen molar-refractivity contribution in [3.63, 3.8) is 0 Å². The van der Waals surface area contributed by atoms with E-state index in [4.69, 9.17) is 9.90 Å². The van der Waals surface area contributed by atoms with Gasteiger partial charge in [-0.05, 0) is 6.92 Å². The Morgan fingerprint density at radius 3 is 2.00 bits per heavy atom. The van der Waals surface area contributed by atoms with Gasteiger partial charge in [0, 0.05) is 0 Å². The number of rotatable bonds is 3. The summed E-state index contributed by atoms with van der Waals surface area (Å²) in [5.41, 5.74) is 0. The van der Waals surface area contributed by atoms with E-state index in [1.807, 2.05) is 0 Å². The van der Waals surface area contributed by atoms with Gasteiger partial charge in [0.25, 0.3) is 0 Å². The summed E-state index contributed by atoms with van der Waals surface area (Å²) in [6.07, 6.45) is -5.08. The van der Waals surface area contributed by atoms with Crippen LogP contribution in [-0.2, 0) is 19.2 Å². The van der Waals surface area contributed by atoms with Gasteiger partial charge in [0.1, 0.15) is 0 Å². The monoisotopic (exact) mass is 233 g/mol. The van der Waals surface area contributed by atoms with Crippen molar-refractivity contribution < 1.29 is 37.4 Å².